The molecule has 94 valence electrons. The van der Waals surface area contributed by atoms with Crippen LogP contribution in [-0.4, -0.2) is 0 Å². The fourth-order valence-corrected chi connectivity index (χ4v) is 4.06. The first-order chi connectivity index (χ1) is 9.90. The average Bonchev–Trinajstić information content (AvgIpc) is 2.84. The van der Waals surface area contributed by atoms with E-state index < -0.39 is 0 Å². The second-order valence-electron chi connectivity index (χ2n) is 5.80. The van der Waals surface area contributed by atoms with Gasteiger partial charge in [-0.05, 0) is 39.8 Å². The van der Waals surface area contributed by atoms with Gasteiger partial charge in [0.1, 0.15) is 0 Å². The molecular formula is C20H14. The Morgan fingerprint density at radius 3 is 2.75 bits per heavy atom. The van der Waals surface area contributed by atoms with Gasteiger partial charge in [0, 0.05) is 0 Å². The molecule has 0 saturated heterocycles. The van der Waals surface area contributed by atoms with E-state index in [4.69, 9.17) is 0 Å². The fraction of sp³-hybridized carbons (Fsp3) is 0.100. The highest BCUT2D eigenvalue weighted by Crippen LogP contribution is 2.59. The molecule has 1 unspecified atom stereocenters. The summed E-state index contributed by atoms with van der Waals surface area (Å²) in [6, 6.07) is 8.83. The van der Waals surface area contributed by atoms with Crippen molar-refractivity contribution in [3.05, 3.63) is 95.1 Å². The highest BCUT2D eigenvalue weighted by molar-refractivity contribution is 6.05. The standard InChI is InChI=1S/C20H14/c1-2-8-16-15(7-1)17-9-5-13-20-12-4-3-6-14(20)10-11-18(16)19(17)20/h1-8,10-13H,9H2. The minimum Gasteiger partial charge on any atom is -0.0826 e. The van der Waals surface area contributed by atoms with E-state index >= 15 is 0 Å². The van der Waals surface area contributed by atoms with Crippen LogP contribution < -0.4 is 0 Å². The van der Waals surface area contributed by atoms with Crippen LogP contribution in [0.15, 0.2) is 84.0 Å². The summed E-state index contributed by atoms with van der Waals surface area (Å²) in [5.74, 6) is 0. The number of benzene rings is 1. The van der Waals surface area contributed by atoms with Crippen molar-refractivity contribution in [3.63, 3.8) is 0 Å². The summed E-state index contributed by atoms with van der Waals surface area (Å²) in [7, 11) is 0. The number of rotatable bonds is 0. The Morgan fingerprint density at radius 2 is 1.80 bits per heavy atom. The van der Waals surface area contributed by atoms with Crippen molar-refractivity contribution in [1.29, 1.82) is 0 Å². The van der Waals surface area contributed by atoms with E-state index in [0.29, 0.717) is 0 Å². The van der Waals surface area contributed by atoms with Gasteiger partial charge in [-0.15, -0.1) is 0 Å². The van der Waals surface area contributed by atoms with Crippen molar-refractivity contribution in [2.75, 3.05) is 0 Å². The molecule has 0 aromatic heterocycles. The molecule has 1 aromatic rings. The lowest BCUT2D eigenvalue weighted by Gasteiger charge is -2.38. The fourth-order valence-electron chi connectivity index (χ4n) is 4.06. The molecule has 1 aromatic carbocycles. The average molecular weight is 254 g/mol. The second kappa shape index (κ2) is 3.40. The molecule has 0 radical (unpaired) electrons. The maximum Gasteiger partial charge on any atom is 0.0575 e. The number of hydrogen-bond acceptors (Lipinski definition) is 0. The summed E-state index contributed by atoms with van der Waals surface area (Å²) < 4.78 is 0. The van der Waals surface area contributed by atoms with Crippen LogP contribution in [-0.2, 0) is 0 Å². The first kappa shape index (κ1) is 10.4. The van der Waals surface area contributed by atoms with E-state index in [0.717, 1.165) is 6.42 Å². The van der Waals surface area contributed by atoms with Crippen LogP contribution in [0.5, 0.6) is 0 Å². The largest absolute Gasteiger partial charge is 0.0826 e. The Kier molecular flexibility index (Phi) is 1.78. The molecule has 0 heterocycles. The van der Waals surface area contributed by atoms with Crippen molar-refractivity contribution < 1.29 is 0 Å². The molecular weight excluding hydrogens is 240 g/mol. The lowest BCUT2D eigenvalue weighted by molar-refractivity contribution is 0.723. The Morgan fingerprint density at radius 1 is 0.900 bits per heavy atom. The summed E-state index contributed by atoms with van der Waals surface area (Å²) in [4.78, 5) is 0. The summed E-state index contributed by atoms with van der Waals surface area (Å²) in [5, 5.41) is 0. The monoisotopic (exact) mass is 254 g/mol. The maximum atomic E-state index is 2.39. The molecule has 1 atom stereocenters. The number of hydrogen-bond donors (Lipinski definition) is 0. The second-order valence-corrected chi connectivity index (χ2v) is 5.80. The predicted molar refractivity (Wildman–Crippen MR) is 83.9 cm³/mol. The van der Waals surface area contributed by atoms with Gasteiger partial charge >= 0.3 is 0 Å². The third kappa shape index (κ3) is 1.05. The first-order valence-electron chi connectivity index (χ1n) is 7.20. The zero-order chi connectivity index (χ0) is 13.2. The van der Waals surface area contributed by atoms with Crippen LogP contribution in [0.2, 0.25) is 0 Å². The minimum atomic E-state index is -0.0224. The van der Waals surface area contributed by atoms with Crippen molar-refractivity contribution >= 4 is 11.1 Å². The van der Waals surface area contributed by atoms with Crippen LogP contribution in [0, 0.1) is 5.41 Å². The SMILES string of the molecule is C1=CC2=CC=C3C4=C(CC=CC24C=C1)c1ccccc13. The molecule has 4 aliphatic carbocycles. The molecule has 0 bridgehead atoms. The topological polar surface area (TPSA) is 0 Å². The van der Waals surface area contributed by atoms with Gasteiger partial charge in [0.05, 0.1) is 5.41 Å². The summed E-state index contributed by atoms with van der Waals surface area (Å²) in [5.41, 5.74) is 8.64. The van der Waals surface area contributed by atoms with E-state index in [1.165, 1.54) is 33.4 Å². The number of allylic oxidation sites excluding steroid dienone is 12. The Hall–Kier alpha value is -2.34. The van der Waals surface area contributed by atoms with Gasteiger partial charge in [-0.3, -0.25) is 0 Å². The minimum absolute atomic E-state index is 0.0224. The summed E-state index contributed by atoms with van der Waals surface area (Å²) in [6.07, 6.45) is 19.3. The molecule has 1 spiro atoms. The van der Waals surface area contributed by atoms with Gasteiger partial charge in [-0.2, -0.15) is 0 Å². The quantitative estimate of drug-likeness (QED) is 0.581. The molecule has 5 rings (SSSR count). The van der Waals surface area contributed by atoms with E-state index in [1.54, 1.807) is 0 Å². The highest BCUT2D eigenvalue weighted by atomic mass is 14.5. The van der Waals surface area contributed by atoms with Crippen LogP contribution in [0.25, 0.3) is 11.1 Å². The van der Waals surface area contributed by atoms with Gasteiger partial charge in [0.15, 0.2) is 0 Å². The molecule has 0 heteroatoms. The van der Waals surface area contributed by atoms with Gasteiger partial charge in [-0.25, -0.2) is 0 Å². The zero-order valence-corrected chi connectivity index (χ0v) is 11.1. The maximum absolute atomic E-state index is 2.39. The zero-order valence-electron chi connectivity index (χ0n) is 11.1. The third-order valence-corrected chi connectivity index (χ3v) is 4.88. The molecule has 0 aliphatic heterocycles. The molecule has 0 N–H and O–H groups in total. The van der Waals surface area contributed by atoms with Crippen LogP contribution in [0.3, 0.4) is 0 Å². The van der Waals surface area contributed by atoms with E-state index in [9.17, 15) is 0 Å². The Bertz CT molecular complexity index is 821. The van der Waals surface area contributed by atoms with E-state index in [-0.39, 0.29) is 5.41 Å². The van der Waals surface area contributed by atoms with Gasteiger partial charge in [0.2, 0.25) is 0 Å². The lowest BCUT2D eigenvalue weighted by atomic mass is 9.64. The molecule has 20 heavy (non-hydrogen) atoms. The van der Waals surface area contributed by atoms with Crippen LogP contribution in [0.4, 0.5) is 0 Å². The van der Waals surface area contributed by atoms with E-state index in [2.05, 4.69) is 72.9 Å². The predicted octanol–water partition coefficient (Wildman–Crippen LogP) is 4.85. The van der Waals surface area contributed by atoms with Gasteiger partial charge in [0.25, 0.3) is 0 Å². The normalized spacial score (nSPS) is 27.8. The summed E-state index contributed by atoms with van der Waals surface area (Å²) >= 11 is 0. The van der Waals surface area contributed by atoms with Crippen LogP contribution >= 0.6 is 0 Å². The number of fused-ring (bicyclic) bond motifs is 3. The molecule has 0 amide bonds. The lowest BCUT2D eigenvalue weighted by Crippen LogP contribution is -2.26. The molecule has 0 saturated carbocycles. The van der Waals surface area contributed by atoms with Crippen molar-refractivity contribution in [2.24, 2.45) is 5.41 Å². The van der Waals surface area contributed by atoms with Crippen LogP contribution in [0.1, 0.15) is 17.5 Å². The Labute approximate surface area is 118 Å². The molecule has 0 fully saturated rings. The highest BCUT2D eigenvalue weighted by Gasteiger charge is 2.43. The Balaban J connectivity index is 1.90. The smallest absolute Gasteiger partial charge is 0.0575 e. The molecule has 4 aliphatic rings. The molecule has 0 nitrogen and oxygen atoms in total. The van der Waals surface area contributed by atoms with E-state index in [1.807, 2.05) is 0 Å². The van der Waals surface area contributed by atoms with Gasteiger partial charge in [-0.1, -0.05) is 72.9 Å². The van der Waals surface area contributed by atoms with Crippen molar-refractivity contribution in [1.82, 2.24) is 0 Å². The first-order valence-corrected chi connectivity index (χ1v) is 7.20. The van der Waals surface area contributed by atoms with Crippen molar-refractivity contribution in [3.8, 4) is 0 Å². The summed E-state index contributed by atoms with van der Waals surface area (Å²) in [6.45, 7) is 0. The van der Waals surface area contributed by atoms with Crippen molar-refractivity contribution in [2.45, 2.75) is 6.42 Å². The van der Waals surface area contributed by atoms with Gasteiger partial charge < -0.3 is 0 Å². The third-order valence-electron chi connectivity index (χ3n) is 4.88.